The fourth-order valence-electron chi connectivity index (χ4n) is 1.80. The highest BCUT2D eigenvalue weighted by Gasteiger charge is 2.09. The van der Waals surface area contributed by atoms with Crippen molar-refractivity contribution in [3.63, 3.8) is 0 Å². The van der Waals surface area contributed by atoms with E-state index in [9.17, 15) is 4.79 Å². The molecule has 0 spiro atoms. The zero-order valence-electron chi connectivity index (χ0n) is 11.2. The van der Waals surface area contributed by atoms with Gasteiger partial charge in [-0.3, -0.25) is 4.79 Å². The molecule has 2 rings (SSSR count). The summed E-state index contributed by atoms with van der Waals surface area (Å²) in [7, 11) is 1.57. The summed E-state index contributed by atoms with van der Waals surface area (Å²) < 4.78 is 0.852. The van der Waals surface area contributed by atoms with E-state index in [-0.39, 0.29) is 5.91 Å². The molecule has 0 radical (unpaired) electrons. The predicted molar refractivity (Wildman–Crippen MR) is 91.3 cm³/mol. The molecule has 0 aliphatic heterocycles. The van der Waals surface area contributed by atoms with Gasteiger partial charge in [-0.05, 0) is 51.8 Å². The molecule has 0 bridgehead atoms. The molecule has 0 saturated heterocycles. The third kappa shape index (κ3) is 4.13. The van der Waals surface area contributed by atoms with Crippen LogP contribution in [0.5, 0.6) is 0 Å². The zero-order valence-corrected chi connectivity index (χ0v) is 14.3. The molecule has 0 atom stereocenters. The summed E-state index contributed by atoms with van der Waals surface area (Å²) >= 11 is 15.4. The molecule has 0 aliphatic rings. The molecule has 2 aromatic carbocycles. The van der Waals surface area contributed by atoms with E-state index in [0.717, 1.165) is 15.7 Å². The van der Waals surface area contributed by atoms with Crippen LogP contribution in [0, 0.1) is 0 Å². The van der Waals surface area contributed by atoms with Crippen molar-refractivity contribution in [1.82, 2.24) is 5.32 Å². The number of amides is 1. The van der Waals surface area contributed by atoms with Crippen LogP contribution in [0.1, 0.15) is 15.9 Å². The first kappa shape index (κ1) is 16.1. The van der Waals surface area contributed by atoms with Gasteiger partial charge in [0.15, 0.2) is 0 Å². The van der Waals surface area contributed by atoms with Gasteiger partial charge < -0.3 is 10.6 Å². The van der Waals surface area contributed by atoms with Crippen LogP contribution >= 0.6 is 39.1 Å². The van der Waals surface area contributed by atoms with Crippen molar-refractivity contribution in [3.8, 4) is 0 Å². The van der Waals surface area contributed by atoms with Crippen molar-refractivity contribution in [2.75, 3.05) is 12.4 Å². The zero-order chi connectivity index (χ0) is 15.4. The van der Waals surface area contributed by atoms with E-state index in [2.05, 4.69) is 26.6 Å². The van der Waals surface area contributed by atoms with Crippen molar-refractivity contribution >= 4 is 50.7 Å². The molecule has 0 heterocycles. The van der Waals surface area contributed by atoms with E-state index in [1.807, 2.05) is 24.3 Å². The average Bonchev–Trinajstić information content (AvgIpc) is 2.49. The summed E-state index contributed by atoms with van der Waals surface area (Å²) in [6, 6.07) is 11.0. The van der Waals surface area contributed by atoms with Gasteiger partial charge in [0.25, 0.3) is 5.91 Å². The van der Waals surface area contributed by atoms with Crippen molar-refractivity contribution in [2.45, 2.75) is 6.54 Å². The van der Waals surface area contributed by atoms with Crippen LogP contribution in [0.3, 0.4) is 0 Å². The lowest BCUT2D eigenvalue weighted by molar-refractivity contribution is 0.0963. The SMILES string of the molecule is CNC(=O)c1cc(NCc2ccc(Cl)c(Br)c2)ccc1Cl. The highest BCUT2D eigenvalue weighted by Crippen LogP contribution is 2.24. The Bertz CT molecular complexity index is 677. The number of nitrogens with one attached hydrogen (secondary N) is 2. The van der Waals surface area contributed by atoms with Gasteiger partial charge >= 0.3 is 0 Å². The van der Waals surface area contributed by atoms with Gasteiger partial charge in [0.2, 0.25) is 0 Å². The molecule has 6 heteroatoms. The Morgan fingerprint density at radius 3 is 2.52 bits per heavy atom. The van der Waals surface area contributed by atoms with Crippen LogP contribution in [0.2, 0.25) is 10.0 Å². The van der Waals surface area contributed by atoms with Crippen molar-refractivity contribution in [3.05, 3.63) is 62.0 Å². The van der Waals surface area contributed by atoms with Crippen molar-refractivity contribution < 1.29 is 4.79 Å². The second-order valence-corrected chi connectivity index (χ2v) is 6.04. The number of hydrogen-bond donors (Lipinski definition) is 2. The summed E-state index contributed by atoms with van der Waals surface area (Å²) in [4.78, 5) is 11.7. The van der Waals surface area contributed by atoms with Gasteiger partial charge in [-0.25, -0.2) is 0 Å². The first-order valence-electron chi connectivity index (χ1n) is 6.20. The topological polar surface area (TPSA) is 41.1 Å². The molecular formula is C15H13BrCl2N2O. The normalized spacial score (nSPS) is 10.3. The van der Waals surface area contributed by atoms with E-state index >= 15 is 0 Å². The first-order chi connectivity index (χ1) is 10.0. The monoisotopic (exact) mass is 386 g/mol. The summed E-state index contributed by atoms with van der Waals surface area (Å²) in [5.74, 6) is -0.210. The van der Waals surface area contributed by atoms with Gasteiger partial charge in [-0.15, -0.1) is 0 Å². The van der Waals surface area contributed by atoms with Crippen LogP contribution in [0.25, 0.3) is 0 Å². The molecule has 110 valence electrons. The Morgan fingerprint density at radius 1 is 1.14 bits per heavy atom. The molecule has 0 saturated carbocycles. The second kappa shape index (κ2) is 7.16. The molecule has 0 unspecified atom stereocenters. The van der Waals surface area contributed by atoms with Gasteiger partial charge in [0.1, 0.15) is 0 Å². The minimum absolute atomic E-state index is 0.210. The summed E-state index contributed by atoms with van der Waals surface area (Å²) in [6.45, 7) is 0.616. The van der Waals surface area contributed by atoms with Gasteiger partial charge in [-0.2, -0.15) is 0 Å². The number of benzene rings is 2. The van der Waals surface area contributed by atoms with Crippen LogP contribution in [0.4, 0.5) is 5.69 Å². The largest absolute Gasteiger partial charge is 0.381 e. The van der Waals surface area contributed by atoms with Crippen LogP contribution in [-0.2, 0) is 6.54 Å². The van der Waals surface area contributed by atoms with E-state index in [4.69, 9.17) is 23.2 Å². The summed E-state index contributed by atoms with van der Waals surface area (Å²) in [6.07, 6.45) is 0. The van der Waals surface area contributed by atoms with Crippen molar-refractivity contribution in [2.24, 2.45) is 0 Å². The average molecular weight is 388 g/mol. The Balaban J connectivity index is 2.13. The fraction of sp³-hybridized carbons (Fsp3) is 0.133. The Morgan fingerprint density at radius 2 is 1.86 bits per heavy atom. The standard InChI is InChI=1S/C15H13BrCl2N2O/c1-19-15(21)11-7-10(3-5-13(11)17)20-8-9-2-4-14(18)12(16)6-9/h2-7,20H,8H2,1H3,(H,19,21). The number of halogens is 3. The predicted octanol–water partition coefficient (Wildman–Crippen LogP) is 4.73. The number of rotatable bonds is 4. The maximum absolute atomic E-state index is 11.7. The molecule has 0 aliphatic carbocycles. The van der Waals surface area contributed by atoms with E-state index < -0.39 is 0 Å². The molecule has 0 fully saturated rings. The number of anilines is 1. The molecule has 0 aromatic heterocycles. The maximum Gasteiger partial charge on any atom is 0.252 e. The molecule has 2 N–H and O–H groups in total. The highest BCUT2D eigenvalue weighted by molar-refractivity contribution is 9.10. The third-order valence-electron chi connectivity index (χ3n) is 2.92. The maximum atomic E-state index is 11.7. The smallest absolute Gasteiger partial charge is 0.252 e. The van der Waals surface area contributed by atoms with Gasteiger partial charge in [0.05, 0.1) is 15.6 Å². The second-order valence-electron chi connectivity index (χ2n) is 4.38. The lowest BCUT2D eigenvalue weighted by atomic mass is 10.1. The number of carbonyl (C=O) groups excluding carboxylic acids is 1. The van der Waals surface area contributed by atoms with Crippen LogP contribution < -0.4 is 10.6 Å². The van der Waals surface area contributed by atoms with E-state index in [1.54, 1.807) is 19.2 Å². The summed E-state index contributed by atoms with van der Waals surface area (Å²) in [5.41, 5.74) is 2.34. The summed E-state index contributed by atoms with van der Waals surface area (Å²) in [5, 5.41) is 6.91. The quantitative estimate of drug-likeness (QED) is 0.796. The number of carbonyl (C=O) groups is 1. The lowest BCUT2D eigenvalue weighted by Gasteiger charge is -2.10. The minimum Gasteiger partial charge on any atom is -0.381 e. The van der Waals surface area contributed by atoms with Gasteiger partial charge in [-0.1, -0.05) is 29.3 Å². The van der Waals surface area contributed by atoms with Crippen LogP contribution in [-0.4, -0.2) is 13.0 Å². The Hall–Kier alpha value is -1.23. The molecular weight excluding hydrogens is 375 g/mol. The Kier molecular flexibility index (Phi) is 5.51. The third-order valence-corrected chi connectivity index (χ3v) is 4.46. The Labute approximate surface area is 141 Å². The van der Waals surface area contributed by atoms with E-state index in [1.165, 1.54) is 0 Å². The molecule has 3 nitrogen and oxygen atoms in total. The van der Waals surface area contributed by atoms with E-state index in [0.29, 0.717) is 22.2 Å². The first-order valence-corrected chi connectivity index (χ1v) is 7.75. The van der Waals surface area contributed by atoms with Crippen molar-refractivity contribution in [1.29, 1.82) is 0 Å². The molecule has 2 aromatic rings. The molecule has 21 heavy (non-hydrogen) atoms. The number of hydrogen-bond acceptors (Lipinski definition) is 2. The fourth-order valence-corrected chi connectivity index (χ4v) is 2.54. The highest BCUT2D eigenvalue weighted by atomic mass is 79.9. The van der Waals surface area contributed by atoms with Gasteiger partial charge in [0, 0.05) is 23.8 Å². The molecule has 1 amide bonds. The minimum atomic E-state index is -0.210. The van der Waals surface area contributed by atoms with Crippen LogP contribution in [0.15, 0.2) is 40.9 Å². The lowest BCUT2D eigenvalue weighted by Crippen LogP contribution is -2.18.